The SMILES string of the molecule is C=CCN(C(=O)[C@@H]1[C@@H]2CC(C)C3(S2)C(C(=O)N(CC=C)c2c(C)cccc2C)N([C@@H](CO)[C@@H](C)CC)C(=O)[C@H]13)c1ccc(OCC)cc1. The molecule has 3 aliphatic rings. The topological polar surface area (TPSA) is 90.4 Å². The number of ether oxygens (including phenoxy) is 1. The number of hydrogen-bond acceptors (Lipinski definition) is 6. The molecule has 3 saturated heterocycles. The first-order valence-electron chi connectivity index (χ1n) is 17.3. The molecule has 5 rings (SSSR count). The van der Waals surface area contributed by atoms with Gasteiger partial charge in [-0.1, -0.05) is 57.5 Å². The largest absolute Gasteiger partial charge is 0.494 e. The van der Waals surface area contributed by atoms with Crippen molar-refractivity contribution in [3.05, 3.63) is 78.9 Å². The number of aliphatic hydroxyl groups is 1. The molecule has 0 radical (unpaired) electrons. The van der Waals surface area contributed by atoms with E-state index in [4.69, 9.17) is 4.74 Å². The molecule has 3 unspecified atom stereocenters. The number of thioether (sulfide) groups is 1. The predicted molar refractivity (Wildman–Crippen MR) is 194 cm³/mol. The molecule has 2 bridgehead atoms. The standard InChI is InChI=1S/C39H51N3O5S/c1-9-20-40(28-16-18-29(19-17-28)47-12-4)36(44)32-31-22-27(8)39(48-31)33(32)37(45)42(30(23-43)24(5)11-3)35(39)38(46)41(21-10-2)34-25(6)14-13-15-26(34)7/h9-10,13-19,24,27,30-33,35,43H,1-2,11-12,20-23H2,3-8H3/t24-,27?,30-,31-,32+,33-,35?,39?/m0/s1. The number of amides is 3. The molecule has 1 spiro atoms. The van der Waals surface area contributed by atoms with Crippen LogP contribution in [0.15, 0.2) is 67.8 Å². The maximum absolute atomic E-state index is 15.3. The zero-order valence-electron chi connectivity index (χ0n) is 29.2. The quantitative estimate of drug-likeness (QED) is 0.241. The minimum absolute atomic E-state index is 0.0115. The van der Waals surface area contributed by atoms with Gasteiger partial charge < -0.3 is 24.5 Å². The first kappa shape index (κ1) is 35.7. The summed E-state index contributed by atoms with van der Waals surface area (Å²) in [5.74, 6) is -1.24. The summed E-state index contributed by atoms with van der Waals surface area (Å²) in [5.41, 5.74) is 3.42. The molecular weight excluding hydrogens is 623 g/mol. The molecule has 3 aliphatic heterocycles. The second-order valence-electron chi connectivity index (χ2n) is 13.6. The molecule has 3 heterocycles. The van der Waals surface area contributed by atoms with Crippen LogP contribution in [0.4, 0.5) is 11.4 Å². The van der Waals surface area contributed by atoms with Gasteiger partial charge in [-0.15, -0.1) is 24.9 Å². The number of rotatable bonds is 14. The zero-order chi connectivity index (χ0) is 34.9. The Labute approximate surface area is 290 Å². The highest BCUT2D eigenvalue weighted by Gasteiger charge is 2.77. The molecule has 0 aliphatic carbocycles. The van der Waals surface area contributed by atoms with Crippen molar-refractivity contribution in [1.29, 1.82) is 0 Å². The number of likely N-dealkylation sites (tertiary alicyclic amines) is 1. The predicted octanol–water partition coefficient (Wildman–Crippen LogP) is 6.18. The molecule has 0 saturated carbocycles. The van der Waals surface area contributed by atoms with Gasteiger partial charge in [0.25, 0.3) is 5.91 Å². The summed E-state index contributed by atoms with van der Waals surface area (Å²) in [5, 5.41) is 10.7. The van der Waals surface area contributed by atoms with Gasteiger partial charge in [0, 0.05) is 29.7 Å². The lowest BCUT2D eigenvalue weighted by Crippen LogP contribution is -2.60. The average molecular weight is 674 g/mol. The Morgan fingerprint density at radius 3 is 2.25 bits per heavy atom. The number of fused-ring (bicyclic) bond motifs is 1. The molecule has 1 N–H and O–H groups in total. The Morgan fingerprint density at radius 1 is 1.06 bits per heavy atom. The highest BCUT2D eigenvalue weighted by atomic mass is 32.2. The molecule has 2 aromatic rings. The van der Waals surface area contributed by atoms with Crippen molar-refractivity contribution in [3.8, 4) is 5.75 Å². The van der Waals surface area contributed by atoms with Crippen molar-refractivity contribution in [2.24, 2.45) is 23.7 Å². The number of aryl methyl sites for hydroxylation is 2. The van der Waals surface area contributed by atoms with Crippen LogP contribution in [-0.2, 0) is 14.4 Å². The Kier molecular flexibility index (Phi) is 10.8. The average Bonchev–Trinajstić information content (AvgIpc) is 3.67. The van der Waals surface area contributed by atoms with Gasteiger partial charge >= 0.3 is 0 Å². The number of carbonyl (C=O) groups excluding carboxylic acids is 3. The number of carbonyl (C=O) groups is 3. The van der Waals surface area contributed by atoms with Crippen molar-refractivity contribution in [1.82, 2.24) is 4.90 Å². The Morgan fingerprint density at radius 2 is 1.69 bits per heavy atom. The Bertz CT molecular complexity index is 1520. The van der Waals surface area contributed by atoms with Gasteiger partial charge in [-0.2, -0.15) is 0 Å². The van der Waals surface area contributed by atoms with E-state index in [2.05, 4.69) is 20.1 Å². The van der Waals surface area contributed by atoms with Crippen LogP contribution in [0.2, 0.25) is 0 Å². The Hall–Kier alpha value is -3.56. The number of hydrogen-bond donors (Lipinski definition) is 1. The molecule has 2 aromatic carbocycles. The zero-order valence-corrected chi connectivity index (χ0v) is 30.0. The first-order valence-corrected chi connectivity index (χ1v) is 18.1. The minimum atomic E-state index is -0.860. The maximum atomic E-state index is 15.3. The van der Waals surface area contributed by atoms with Crippen molar-refractivity contribution in [3.63, 3.8) is 0 Å². The lowest BCUT2D eigenvalue weighted by atomic mass is 9.65. The van der Waals surface area contributed by atoms with E-state index in [-0.39, 0.29) is 54.5 Å². The molecule has 0 aromatic heterocycles. The van der Waals surface area contributed by atoms with Crippen molar-refractivity contribution >= 4 is 40.9 Å². The smallest absolute Gasteiger partial charge is 0.251 e. The molecule has 48 heavy (non-hydrogen) atoms. The third kappa shape index (κ3) is 5.76. The highest BCUT2D eigenvalue weighted by Crippen LogP contribution is 2.69. The van der Waals surface area contributed by atoms with Crippen LogP contribution in [0, 0.1) is 37.5 Å². The lowest BCUT2D eigenvalue weighted by molar-refractivity contribution is -0.143. The normalized spacial score (nSPS) is 26.9. The highest BCUT2D eigenvalue weighted by molar-refractivity contribution is 8.02. The van der Waals surface area contributed by atoms with E-state index >= 15 is 9.59 Å². The van der Waals surface area contributed by atoms with Crippen molar-refractivity contribution in [2.45, 2.75) is 76.5 Å². The van der Waals surface area contributed by atoms with E-state index in [1.54, 1.807) is 38.6 Å². The second-order valence-corrected chi connectivity index (χ2v) is 15.1. The molecule has 3 amide bonds. The summed E-state index contributed by atoms with van der Waals surface area (Å²) in [6.07, 6.45) is 4.85. The lowest BCUT2D eigenvalue weighted by Gasteiger charge is -2.43. The van der Waals surface area contributed by atoms with Crippen molar-refractivity contribution < 1.29 is 24.2 Å². The summed E-state index contributed by atoms with van der Waals surface area (Å²) in [6.45, 7) is 20.8. The van der Waals surface area contributed by atoms with Gasteiger partial charge in [-0.3, -0.25) is 14.4 Å². The van der Waals surface area contributed by atoms with Crippen LogP contribution in [0.3, 0.4) is 0 Å². The van der Waals surface area contributed by atoms with Gasteiger partial charge in [0.05, 0.1) is 35.8 Å². The van der Waals surface area contributed by atoms with Gasteiger partial charge in [0.15, 0.2) is 0 Å². The molecule has 3 fully saturated rings. The van der Waals surface area contributed by atoms with Gasteiger partial charge in [-0.25, -0.2) is 0 Å². The summed E-state index contributed by atoms with van der Waals surface area (Å²) < 4.78 is 4.80. The summed E-state index contributed by atoms with van der Waals surface area (Å²) in [4.78, 5) is 50.3. The monoisotopic (exact) mass is 673 g/mol. The van der Waals surface area contributed by atoms with E-state index in [9.17, 15) is 9.90 Å². The summed E-state index contributed by atoms with van der Waals surface area (Å²) >= 11 is 1.65. The summed E-state index contributed by atoms with van der Waals surface area (Å²) in [7, 11) is 0. The van der Waals surface area contributed by atoms with Gasteiger partial charge in [-0.05, 0) is 74.4 Å². The van der Waals surface area contributed by atoms with Gasteiger partial charge in [0.2, 0.25) is 11.8 Å². The number of anilines is 2. The number of benzene rings is 2. The second kappa shape index (κ2) is 14.5. The fourth-order valence-corrected chi connectivity index (χ4v) is 10.9. The van der Waals surface area contributed by atoms with E-state index in [0.29, 0.717) is 24.5 Å². The van der Waals surface area contributed by atoms with Gasteiger partial charge in [0.1, 0.15) is 11.8 Å². The van der Waals surface area contributed by atoms with E-state index in [1.807, 2.05) is 77.1 Å². The third-order valence-corrected chi connectivity index (χ3v) is 12.9. The fraction of sp³-hybridized carbons (Fsp3) is 0.513. The maximum Gasteiger partial charge on any atom is 0.251 e. The fourth-order valence-electron chi connectivity index (χ4n) is 8.51. The van der Waals surface area contributed by atoms with Crippen LogP contribution in [0.1, 0.15) is 51.7 Å². The van der Waals surface area contributed by atoms with Crippen molar-refractivity contribution in [2.75, 3.05) is 36.1 Å². The van der Waals surface area contributed by atoms with E-state index < -0.39 is 28.7 Å². The number of para-hydroxylation sites is 1. The first-order chi connectivity index (χ1) is 23.0. The molecule has 258 valence electrons. The summed E-state index contributed by atoms with van der Waals surface area (Å²) in [6, 6.07) is 11.9. The molecule has 9 heteroatoms. The van der Waals surface area contributed by atoms with Crippen LogP contribution in [-0.4, -0.2) is 76.1 Å². The van der Waals surface area contributed by atoms with Crippen LogP contribution in [0.5, 0.6) is 5.75 Å². The van der Waals surface area contributed by atoms with Crippen LogP contribution in [0.25, 0.3) is 0 Å². The molecule has 8 nitrogen and oxygen atoms in total. The third-order valence-electron chi connectivity index (χ3n) is 10.9. The van der Waals surface area contributed by atoms with Crippen LogP contribution < -0.4 is 14.5 Å². The van der Waals surface area contributed by atoms with Crippen LogP contribution >= 0.6 is 11.8 Å². The number of nitrogens with zero attached hydrogens (tertiary/aromatic N) is 3. The molecular formula is C39H51N3O5S. The number of aliphatic hydroxyl groups excluding tert-OH is 1. The Balaban J connectivity index is 1.64. The molecule has 8 atom stereocenters. The van der Waals surface area contributed by atoms with E-state index in [1.165, 1.54) is 0 Å². The van der Waals surface area contributed by atoms with E-state index in [0.717, 1.165) is 23.2 Å². The minimum Gasteiger partial charge on any atom is -0.494 e.